The van der Waals surface area contributed by atoms with Crippen LogP contribution in [-0.2, 0) is 0 Å². The summed E-state index contributed by atoms with van der Waals surface area (Å²) < 4.78 is 0. The van der Waals surface area contributed by atoms with Gasteiger partial charge in [-0.05, 0) is 29.7 Å². The molecule has 0 atom stereocenters. The van der Waals surface area contributed by atoms with E-state index in [1.165, 1.54) is 17.8 Å². The van der Waals surface area contributed by atoms with E-state index in [2.05, 4.69) is 35.2 Å². The van der Waals surface area contributed by atoms with E-state index in [1.807, 2.05) is 18.2 Å². The molecule has 0 bridgehead atoms. The molecule has 3 aromatic rings. The number of pyridine rings is 2. The molecule has 0 radical (unpaired) electrons. The summed E-state index contributed by atoms with van der Waals surface area (Å²) in [6.07, 6.45) is 1.46. The van der Waals surface area contributed by atoms with Gasteiger partial charge in [0.1, 0.15) is 5.69 Å². The van der Waals surface area contributed by atoms with Gasteiger partial charge in [0.25, 0.3) is 5.91 Å². The van der Waals surface area contributed by atoms with Crippen LogP contribution in [0.4, 0.5) is 5.69 Å². The number of carbonyl (C=O) groups excluding carboxylic acids is 1. The predicted molar refractivity (Wildman–Crippen MR) is 90.8 cm³/mol. The number of benzene rings is 1. The summed E-state index contributed by atoms with van der Waals surface area (Å²) in [7, 11) is 0. The van der Waals surface area contributed by atoms with E-state index in [4.69, 9.17) is 0 Å². The molecule has 0 aliphatic rings. The summed E-state index contributed by atoms with van der Waals surface area (Å²) in [5, 5.41) is 3.71. The van der Waals surface area contributed by atoms with Crippen molar-refractivity contribution in [3.63, 3.8) is 0 Å². The maximum atomic E-state index is 12.3. The van der Waals surface area contributed by atoms with Gasteiger partial charge in [-0.1, -0.05) is 32.0 Å². The first-order valence-electron chi connectivity index (χ1n) is 7.44. The van der Waals surface area contributed by atoms with Crippen molar-refractivity contribution in [3.05, 3.63) is 70.3 Å². The molecule has 2 heterocycles. The van der Waals surface area contributed by atoms with E-state index < -0.39 is 0 Å². The normalized spacial score (nSPS) is 10.9. The van der Waals surface area contributed by atoms with Gasteiger partial charge in [-0.3, -0.25) is 9.59 Å². The van der Waals surface area contributed by atoms with Crippen LogP contribution in [0.2, 0.25) is 0 Å². The summed E-state index contributed by atoms with van der Waals surface area (Å²) in [6.45, 7) is 4.24. The summed E-state index contributed by atoms with van der Waals surface area (Å²) in [5.41, 5.74) is 2.62. The van der Waals surface area contributed by atoms with E-state index >= 15 is 0 Å². The number of carbonyl (C=O) groups is 1. The zero-order chi connectivity index (χ0) is 16.4. The minimum Gasteiger partial charge on any atom is -0.327 e. The third kappa shape index (κ3) is 3.29. The maximum Gasteiger partial charge on any atom is 0.274 e. The van der Waals surface area contributed by atoms with Crippen LogP contribution in [-0.4, -0.2) is 15.9 Å². The van der Waals surface area contributed by atoms with E-state index in [0.29, 0.717) is 17.3 Å². The van der Waals surface area contributed by atoms with Crippen molar-refractivity contribution in [1.29, 1.82) is 0 Å². The first-order valence-corrected chi connectivity index (χ1v) is 7.44. The maximum absolute atomic E-state index is 12.3. The third-order valence-electron chi connectivity index (χ3n) is 3.66. The van der Waals surface area contributed by atoms with Crippen LogP contribution in [0.15, 0.2) is 53.5 Å². The smallest absolute Gasteiger partial charge is 0.274 e. The number of nitrogens with zero attached hydrogens (tertiary/aromatic N) is 1. The van der Waals surface area contributed by atoms with Crippen LogP contribution in [0.1, 0.15) is 35.8 Å². The molecule has 23 heavy (non-hydrogen) atoms. The number of rotatable bonds is 3. The monoisotopic (exact) mass is 307 g/mol. The molecule has 116 valence electrons. The minimum atomic E-state index is -0.311. The quantitative estimate of drug-likeness (QED) is 0.779. The van der Waals surface area contributed by atoms with Gasteiger partial charge in [-0.15, -0.1) is 0 Å². The SMILES string of the molecule is CC(C)c1ccc2ccc(C(=O)Nc3ccc(=O)[nH]c3)nc2c1. The Balaban J connectivity index is 1.90. The zero-order valence-corrected chi connectivity index (χ0v) is 13.0. The van der Waals surface area contributed by atoms with E-state index in [-0.39, 0.29) is 11.5 Å². The van der Waals surface area contributed by atoms with E-state index in [0.717, 1.165) is 10.9 Å². The molecule has 0 aliphatic heterocycles. The van der Waals surface area contributed by atoms with Gasteiger partial charge in [0, 0.05) is 17.6 Å². The Morgan fingerprint density at radius 1 is 1.13 bits per heavy atom. The summed E-state index contributed by atoms with van der Waals surface area (Å²) in [5.74, 6) is 0.0914. The molecule has 2 aromatic heterocycles. The second kappa shape index (κ2) is 6.04. The van der Waals surface area contributed by atoms with Crippen LogP contribution in [0.5, 0.6) is 0 Å². The minimum absolute atomic E-state index is 0.215. The van der Waals surface area contributed by atoms with Crippen molar-refractivity contribution < 1.29 is 4.79 Å². The van der Waals surface area contributed by atoms with Gasteiger partial charge >= 0.3 is 0 Å². The van der Waals surface area contributed by atoms with E-state index in [9.17, 15) is 9.59 Å². The molecule has 0 unspecified atom stereocenters. The molecular formula is C18H17N3O2. The second-order valence-corrected chi connectivity index (χ2v) is 5.70. The summed E-state index contributed by atoms with van der Waals surface area (Å²) in [6, 6.07) is 12.6. The molecular weight excluding hydrogens is 290 g/mol. The fraction of sp³-hybridized carbons (Fsp3) is 0.167. The Morgan fingerprint density at radius 3 is 2.61 bits per heavy atom. The van der Waals surface area contributed by atoms with Gasteiger partial charge < -0.3 is 10.3 Å². The molecule has 3 rings (SSSR count). The summed E-state index contributed by atoms with van der Waals surface area (Å²) >= 11 is 0. The highest BCUT2D eigenvalue weighted by Crippen LogP contribution is 2.20. The van der Waals surface area contributed by atoms with Crippen LogP contribution < -0.4 is 10.9 Å². The fourth-order valence-electron chi connectivity index (χ4n) is 2.30. The van der Waals surface area contributed by atoms with Gasteiger partial charge in [-0.25, -0.2) is 4.98 Å². The molecule has 0 aliphatic carbocycles. The number of amides is 1. The van der Waals surface area contributed by atoms with Crippen molar-refractivity contribution in [2.75, 3.05) is 5.32 Å². The predicted octanol–water partition coefficient (Wildman–Crippen LogP) is 3.30. The average molecular weight is 307 g/mol. The highest BCUT2D eigenvalue weighted by atomic mass is 16.2. The van der Waals surface area contributed by atoms with Crippen molar-refractivity contribution in [1.82, 2.24) is 9.97 Å². The van der Waals surface area contributed by atoms with Crippen molar-refractivity contribution in [3.8, 4) is 0 Å². The van der Waals surface area contributed by atoms with Gasteiger partial charge in [-0.2, -0.15) is 0 Å². The standard InChI is InChI=1S/C18H17N3O2/c1-11(2)13-4-3-12-5-7-15(21-16(12)9-13)18(23)20-14-6-8-17(22)19-10-14/h3-11H,1-2H3,(H,19,22)(H,20,23). The highest BCUT2D eigenvalue weighted by Gasteiger charge is 2.09. The number of fused-ring (bicyclic) bond motifs is 1. The number of aromatic amines is 1. The van der Waals surface area contributed by atoms with Gasteiger partial charge in [0.15, 0.2) is 0 Å². The number of H-pyrrole nitrogens is 1. The lowest BCUT2D eigenvalue weighted by Gasteiger charge is -2.08. The molecule has 0 saturated heterocycles. The number of hydrogen-bond donors (Lipinski definition) is 2. The molecule has 1 aromatic carbocycles. The molecule has 5 nitrogen and oxygen atoms in total. The van der Waals surface area contributed by atoms with Crippen LogP contribution in [0, 0.1) is 0 Å². The average Bonchev–Trinajstić information content (AvgIpc) is 2.55. The Morgan fingerprint density at radius 2 is 1.91 bits per heavy atom. The largest absolute Gasteiger partial charge is 0.327 e. The third-order valence-corrected chi connectivity index (χ3v) is 3.66. The van der Waals surface area contributed by atoms with Crippen molar-refractivity contribution in [2.45, 2.75) is 19.8 Å². The molecule has 0 spiro atoms. The van der Waals surface area contributed by atoms with E-state index in [1.54, 1.807) is 12.1 Å². The number of anilines is 1. The summed E-state index contributed by atoms with van der Waals surface area (Å²) in [4.78, 5) is 30.3. The first-order chi connectivity index (χ1) is 11.0. The van der Waals surface area contributed by atoms with Crippen LogP contribution >= 0.6 is 0 Å². The van der Waals surface area contributed by atoms with Crippen LogP contribution in [0.3, 0.4) is 0 Å². The number of aromatic nitrogens is 2. The van der Waals surface area contributed by atoms with Crippen molar-refractivity contribution >= 4 is 22.5 Å². The highest BCUT2D eigenvalue weighted by molar-refractivity contribution is 6.04. The topological polar surface area (TPSA) is 74.8 Å². The molecule has 2 N–H and O–H groups in total. The first kappa shape index (κ1) is 15.0. The molecule has 0 saturated carbocycles. The zero-order valence-electron chi connectivity index (χ0n) is 13.0. The Bertz CT molecular complexity index is 908. The molecule has 0 fully saturated rings. The lowest BCUT2D eigenvalue weighted by Crippen LogP contribution is -2.15. The lowest BCUT2D eigenvalue weighted by atomic mass is 10.0. The lowest BCUT2D eigenvalue weighted by molar-refractivity contribution is 0.102. The Kier molecular flexibility index (Phi) is 3.93. The van der Waals surface area contributed by atoms with Crippen LogP contribution in [0.25, 0.3) is 10.9 Å². The van der Waals surface area contributed by atoms with Gasteiger partial charge in [0.2, 0.25) is 5.56 Å². The Labute approximate surface area is 133 Å². The second-order valence-electron chi connectivity index (χ2n) is 5.70. The molecule has 1 amide bonds. The number of hydrogen-bond acceptors (Lipinski definition) is 3. The molecule has 5 heteroatoms. The van der Waals surface area contributed by atoms with Gasteiger partial charge in [0.05, 0.1) is 11.2 Å². The number of nitrogens with one attached hydrogen (secondary N) is 2. The van der Waals surface area contributed by atoms with Crippen molar-refractivity contribution in [2.24, 2.45) is 0 Å². The Hall–Kier alpha value is -2.95. The fourth-order valence-corrected chi connectivity index (χ4v) is 2.30.